The van der Waals surface area contributed by atoms with E-state index in [1.807, 2.05) is 0 Å². The first kappa shape index (κ1) is 26.0. The van der Waals surface area contributed by atoms with E-state index < -0.39 is 28.5 Å². The number of rotatable bonds is 6. The molecule has 190 valence electrons. The number of piperidine rings is 1. The molecule has 1 aliphatic carbocycles. The molecule has 3 atom stereocenters. The second kappa shape index (κ2) is 9.75. The Bertz CT molecular complexity index is 1110. The Morgan fingerprint density at radius 1 is 1.14 bits per heavy atom. The molecule has 0 amide bonds. The molecular formula is C24H24Cl2F4N2O3. The molecule has 3 aliphatic rings. The predicted molar refractivity (Wildman–Crippen MR) is 123 cm³/mol. The number of halogens is 6. The molecule has 1 N–H and O–H groups in total. The molecular weight excluding hydrogens is 511 g/mol. The molecule has 1 saturated carbocycles. The number of aromatic carboxylic acids is 1. The number of nitrogens with zero attached hydrogens (tertiary/aromatic N) is 2. The Hall–Kier alpha value is -2.10. The first-order valence-electron chi connectivity index (χ1n) is 11.3. The fraction of sp³-hybridized carbons (Fsp3) is 0.500. The van der Waals surface area contributed by atoms with Crippen LogP contribution in [0, 0.1) is 5.82 Å². The number of alkyl halides is 3. The molecule has 0 spiro atoms. The van der Waals surface area contributed by atoms with Crippen LogP contribution < -0.4 is 4.74 Å². The van der Waals surface area contributed by atoms with Gasteiger partial charge in [0, 0.05) is 24.7 Å². The van der Waals surface area contributed by atoms with Gasteiger partial charge in [-0.15, -0.1) is 12.4 Å². The molecule has 2 saturated heterocycles. The van der Waals surface area contributed by atoms with E-state index in [-0.39, 0.29) is 48.0 Å². The number of hydrogen-bond acceptors (Lipinski definition) is 4. The third-order valence-corrected chi connectivity index (χ3v) is 7.39. The quantitative estimate of drug-likeness (QED) is 0.430. The van der Waals surface area contributed by atoms with Gasteiger partial charge in [0.1, 0.15) is 11.9 Å². The number of pyridine rings is 1. The van der Waals surface area contributed by atoms with Gasteiger partial charge in [0.05, 0.1) is 22.3 Å². The van der Waals surface area contributed by atoms with E-state index in [9.17, 15) is 27.5 Å². The summed E-state index contributed by atoms with van der Waals surface area (Å²) in [5.74, 6) is -1.83. The first-order chi connectivity index (χ1) is 16.1. The van der Waals surface area contributed by atoms with Gasteiger partial charge in [-0.1, -0.05) is 11.6 Å². The van der Waals surface area contributed by atoms with Gasteiger partial charge in [0.25, 0.3) is 0 Å². The number of fused-ring (bicyclic) bond motifs is 2. The highest BCUT2D eigenvalue weighted by atomic mass is 35.5. The van der Waals surface area contributed by atoms with Crippen LogP contribution in [0.3, 0.4) is 0 Å². The smallest absolute Gasteiger partial charge is 0.418 e. The maximum atomic E-state index is 14.5. The zero-order chi connectivity index (χ0) is 24.2. The predicted octanol–water partition coefficient (Wildman–Crippen LogP) is 6.46. The molecule has 11 heteroatoms. The lowest BCUT2D eigenvalue weighted by atomic mass is 9.95. The minimum atomic E-state index is -4.59. The van der Waals surface area contributed by atoms with Gasteiger partial charge < -0.3 is 9.84 Å². The highest BCUT2D eigenvalue weighted by molar-refractivity contribution is 6.31. The van der Waals surface area contributed by atoms with Crippen LogP contribution in [-0.2, 0) is 12.7 Å². The number of benzene rings is 1. The molecule has 1 aromatic carbocycles. The summed E-state index contributed by atoms with van der Waals surface area (Å²) in [5, 5.41) is 8.82. The van der Waals surface area contributed by atoms with Crippen LogP contribution in [0.1, 0.15) is 71.5 Å². The largest absolute Gasteiger partial charge is 0.478 e. The van der Waals surface area contributed by atoms with Crippen LogP contribution in [0.15, 0.2) is 24.4 Å². The van der Waals surface area contributed by atoms with Gasteiger partial charge in [0.2, 0.25) is 5.88 Å². The van der Waals surface area contributed by atoms with E-state index in [1.54, 1.807) is 0 Å². The van der Waals surface area contributed by atoms with E-state index in [0.29, 0.717) is 19.4 Å². The lowest BCUT2D eigenvalue weighted by Crippen LogP contribution is -2.46. The molecule has 0 radical (unpaired) electrons. The van der Waals surface area contributed by atoms with Gasteiger partial charge in [-0.05, 0) is 67.7 Å². The highest BCUT2D eigenvalue weighted by Crippen LogP contribution is 2.45. The Labute approximate surface area is 210 Å². The van der Waals surface area contributed by atoms with Gasteiger partial charge in [-0.3, -0.25) is 4.90 Å². The number of ether oxygens (including phenoxy) is 1. The zero-order valence-electron chi connectivity index (χ0n) is 18.5. The van der Waals surface area contributed by atoms with Crippen molar-refractivity contribution >= 4 is 30.0 Å². The highest BCUT2D eigenvalue weighted by Gasteiger charge is 2.43. The molecule has 35 heavy (non-hydrogen) atoms. The minimum absolute atomic E-state index is 0. The van der Waals surface area contributed by atoms with Crippen molar-refractivity contribution in [3.05, 3.63) is 57.5 Å². The van der Waals surface area contributed by atoms with Crippen molar-refractivity contribution in [2.45, 2.75) is 75.4 Å². The van der Waals surface area contributed by atoms with Crippen LogP contribution >= 0.6 is 24.0 Å². The van der Waals surface area contributed by atoms with Gasteiger partial charge >= 0.3 is 12.1 Å². The average Bonchev–Trinajstić information content (AvgIpc) is 3.56. The Kier molecular flexibility index (Phi) is 7.23. The minimum Gasteiger partial charge on any atom is -0.478 e. The second-order valence-corrected chi connectivity index (χ2v) is 9.79. The van der Waals surface area contributed by atoms with Crippen molar-refractivity contribution < 1.29 is 32.2 Å². The third kappa shape index (κ3) is 5.37. The molecule has 2 aliphatic heterocycles. The van der Waals surface area contributed by atoms with E-state index in [4.69, 9.17) is 16.3 Å². The summed E-state index contributed by atoms with van der Waals surface area (Å²) in [6.45, 7) is 0.516. The van der Waals surface area contributed by atoms with E-state index >= 15 is 0 Å². The maximum absolute atomic E-state index is 14.5. The van der Waals surface area contributed by atoms with Crippen LogP contribution in [0.25, 0.3) is 0 Å². The SMILES string of the molecule is Cl.O=C(O)c1cc(C2CC2)c(CN2[C@@H]3CC[C@H]2CC(Oc2cc(C(F)(F)F)c(Cl)cn2)C3)cc1F. The number of aromatic nitrogens is 1. The maximum Gasteiger partial charge on any atom is 0.418 e. The van der Waals surface area contributed by atoms with Crippen LogP contribution in [0.4, 0.5) is 17.6 Å². The van der Waals surface area contributed by atoms with Crippen molar-refractivity contribution in [2.75, 3.05) is 0 Å². The summed E-state index contributed by atoms with van der Waals surface area (Å²) < 4.78 is 59.8. The summed E-state index contributed by atoms with van der Waals surface area (Å²) in [5.41, 5.74) is 0.450. The second-order valence-electron chi connectivity index (χ2n) is 9.38. The van der Waals surface area contributed by atoms with Gasteiger partial charge in [-0.25, -0.2) is 14.2 Å². The topological polar surface area (TPSA) is 62.7 Å². The number of hydrogen-bond donors (Lipinski definition) is 1. The third-order valence-electron chi connectivity index (χ3n) is 7.09. The van der Waals surface area contributed by atoms with Crippen LogP contribution in [0.2, 0.25) is 5.02 Å². The Balaban J connectivity index is 0.00000289. The standard InChI is InChI=1S/C24H23ClF4N2O3.ClH/c25-20-10-30-22(9-19(20)24(27,28)29)34-16-6-14-3-4-15(7-16)31(14)11-13-5-21(26)18(23(32)33)8-17(13)12-1-2-12;/h5,8-10,12,14-16H,1-4,6-7,11H2,(H,32,33);1H/t14-,15+,16?;. The average molecular weight is 535 g/mol. The monoisotopic (exact) mass is 534 g/mol. The zero-order valence-corrected chi connectivity index (χ0v) is 20.1. The van der Waals surface area contributed by atoms with Crippen molar-refractivity contribution in [3.8, 4) is 5.88 Å². The van der Waals surface area contributed by atoms with Crippen LogP contribution in [-0.4, -0.2) is 39.1 Å². The van der Waals surface area contributed by atoms with E-state index in [0.717, 1.165) is 49.1 Å². The fourth-order valence-electron chi connectivity index (χ4n) is 5.35. The first-order valence-corrected chi connectivity index (χ1v) is 11.7. The van der Waals surface area contributed by atoms with Gasteiger partial charge in [-0.2, -0.15) is 13.2 Å². The van der Waals surface area contributed by atoms with E-state index in [2.05, 4.69) is 9.88 Å². The van der Waals surface area contributed by atoms with Crippen molar-refractivity contribution in [1.29, 1.82) is 0 Å². The number of carboxylic acid groups (broad SMARTS) is 1. The van der Waals surface area contributed by atoms with Crippen LogP contribution in [0.5, 0.6) is 5.88 Å². The molecule has 3 heterocycles. The van der Waals surface area contributed by atoms with E-state index in [1.165, 1.54) is 12.1 Å². The molecule has 5 nitrogen and oxygen atoms in total. The summed E-state index contributed by atoms with van der Waals surface area (Å²) >= 11 is 5.65. The molecule has 1 aromatic heterocycles. The molecule has 5 rings (SSSR count). The summed E-state index contributed by atoms with van der Waals surface area (Å²) in [6, 6.07) is 3.97. The molecule has 2 bridgehead atoms. The summed E-state index contributed by atoms with van der Waals surface area (Å²) in [7, 11) is 0. The van der Waals surface area contributed by atoms with Gasteiger partial charge in [0.15, 0.2) is 0 Å². The van der Waals surface area contributed by atoms with Crippen molar-refractivity contribution in [2.24, 2.45) is 0 Å². The summed E-state index contributed by atoms with van der Waals surface area (Å²) in [4.78, 5) is 17.6. The normalized spacial score (nSPS) is 24.2. The number of carboxylic acids is 1. The lowest BCUT2D eigenvalue weighted by molar-refractivity contribution is -0.137. The summed E-state index contributed by atoms with van der Waals surface area (Å²) in [6.07, 6.45) is 1.10. The fourth-order valence-corrected chi connectivity index (χ4v) is 5.56. The Morgan fingerprint density at radius 2 is 1.80 bits per heavy atom. The Morgan fingerprint density at radius 3 is 2.37 bits per heavy atom. The lowest BCUT2D eigenvalue weighted by Gasteiger charge is -2.39. The molecule has 3 fully saturated rings. The molecule has 2 aromatic rings. The molecule has 1 unspecified atom stereocenters. The van der Waals surface area contributed by atoms with Crippen molar-refractivity contribution in [1.82, 2.24) is 9.88 Å². The number of carbonyl (C=O) groups is 1. The van der Waals surface area contributed by atoms with Crippen molar-refractivity contribution in [3.63, 3.8) is 0 Å².